The number of likely N-dealkylation sites (tertiary alicyclic amines) is 1. The van der Waals surface area contributed by atoms with Crippen molar-refractivity contribution < 1.29 is 9.59 Å². The van der Waals surface area contributed by atoms with Crippen LogP contribution in [0.4, 0.5) is 0 Å². The van der Waals surface area contributed by atoms with Crippen LogP contribution in [-0.4, -0.2) is 52.2 Å². The van der Waals surface area contributed by atoms with Gasteiger partial charge < -0.3 is 10.6 Å². The topological polar surface area (TPSA) is 79.3 Å². The zero-order valence-electron chi connectivity index (χ0n) is 13.6. The molecule has 0 bridgehead atoms. The van der Waals surface area contributed by atoms with Gasteiger partial charge in [0.1, 0.15) is 6.04 Å². The molecule has 2 fully saturated rings. The fourth-order valence-corrected chi connectivity index (χ4v) is 3.51. The molecular weight excluding hydrogens is 294 g/mol. The van der Waals surface area contributed by atoms with Crippen LogP contribution in [0.1, 0.15) is 43.7 Å². The monoisotopic (exact) mass is 319 g/mol. The fourth-order valence-electron chi connectivity index (χ4n) is 3.51. The molecule has 1 aromatic heterocycles. The average molecular weight is 319 g/mol. The molecule has 3 rings (SSSR count). The van der Waals surface area contributed by atoms with Gasteiger partial charge in [-0.2, -0.15) is 5.10 Å². The third-order valence-corrected chi connectivity index (χ3v) is 4.69. The van der Waals surface area contributed by atoms with E-state index in [1.807, 2.05) is 19.4 Å². The van der Waals surface area contributed by atoms with Crippen molar-refractivity contribution in [1.82, 2.24) is 25.3 Å². The molecule has 2 amide bonds. The lowest BCUT2D eigenvalue weighted by Gasteiger charge is -2.24. The highest BCUT2D eigenvalue weighted by molar-refractivity contribution is 5.88. The zero-order chi connectivity index (χ0) is 16.2. The molecule has 23 heavy (non-hydrogen) atoms. The molecule has 0 aromatic carbocycles. The number of aromatic nitrogens is 2. The fraction of sp³-hybridized carbons (Fsp3) is 0.688. The molecule has 7 nitrogen and oxygen atoms in total. The second-order valence-corrected chi connectivity index (χ2v) is 6.48. The second-order valence-electron chi connectivity index (χ2n) is 6.48. The van der Waals surface area contributed by atoms with E-state index >= 15 is 0 Å². The quantitative estimate of drug-likeness (QED) is 0.839. The smallest absolute Gasteiger partial charge is 0.242 e. The molecule has 0 aliphatic carbocycles. The van der Waals surface area contributed by atoms with Crippen molar-refractivity contribution in [3.63, 3.8) is 0 Å². The Hall–Kier alpha value is -1.89. The summed E-state index contributed by atoms with van der Waals surface area (Å²) in [5.41, 5.74) is 1.16. The molecule has 2 N–H and O–H groups in total. The predicted molar refractivity (Wildman–Crippen MR) is 85.5 cm³/mol. The van der Waals surface area contributed by atoms with Gasteiger partial charge in [0.15, 0.2) is 0 Å². The number of nitrogens with one attached hydrogen (secondary N) is 2. The maximum atomic E-state index is 12.4. The summed E-state index contributed by atoms with van der Waals surface area (Å²) in [4.78, 5) is 26.5. The minimum Gasteiger partial charge on any atom is -0.354 e. The SMILES string of the molecule is Cn1cc([C@@H]2CCCN2CC(=O)N[C@@H]2CCCCNC2=O)cn1. The number of hydrogen-bond acceptors (Lipinski definition) is 4. The molecule has 126 valence electrons. The van der Waals surface area contributed by atoms with Crippen molar-refractivity contribution in [2.75, 3.05) is 19.6 Å². The maximum Gasteiger partial charge on any atom is 0.242 e. The first-order valence-electron chi connectivity index (χ1n) is 8.43. The highest BCUT2D eigenvalue weighted by Crippen LogP contribution is 2.31. The first-order valence-corrected chi connectivity index (χ1v) is 8.43. The molecule has 2 aliphatic heterocycles. The third-order valence-electron chi connectivity index (χ3n) is 4.69. The van der Waals surface area contributed by atoms with Crippen molar-refractivity contribution in [2.24, 2.45) is 7.05 Å². The van der Waals surface area contributed by atoms with Crippen molar-refractivity contribution in [3.05, 3.63) is 18.0 Å². The number of aryl methyl sites for hydroxylation is 1. The number of carbonyl (C=O) groups excluding carboxylic acids is 2. The minimum atomic E-state index is -0.385. The number of carbonyl (C=O) groups is 2. The molecule has 3 heterocycles. The van der Waals surface area contributed by atoms with E-state index < -0.39 is 0 Å². The van der Waals surface area contributed by atoms with Crippen molar-refractivity contribution in [2.45, 2.75) is 44.2 Å². The number of nitrogens with zero attached hydrogens (tertiary/aromatic N) is 3. The zero-order valence-corrected chi connectivity index (χ0v) is 13.6. The lowest BCUT2D eigenvalue weighted by atomic mass is 10.1. The van der Waals surface area contributed by atoms with Gasteiger partial charge in [0.05, 0.1) is 12.7 Å². The molecule has 1 aromatic rings. The Labute approximate surface area is 136 Å². The normalized spacial score (nSPS) is 25.9. The maximum absolute atomic E-state index is 12.4. The van der Waals surface area contributed by atoms with Crippen LogP contribution in [0.25, 0.3) is 0 Å². The Kier molecular flexibility index (Phi) is 4.95. The lowest BCUT2D eigenvalue weighted by Crippen LogP contribution is -2.48. The average Bonchev–Trinajstić information content (AvgIpc) is 3.09. The molecule has 2 aliphatic rings. The first kappa shape index (κ1) is 16.0. The van der Waals surface area contributed by atoms with Gasteiger partial charge in [-0.1, -0.05) is 0 Å². The van der Waals surface area contributed by atoms with Crippen molar-refractivity contribution >= 4 is 11.8 Å². The van der Waals surface area contributed by atoms with Crippen LogP contribution >= 0.6 is 0 Å². The molecule has 0 radical (unpaired) electrons. The predicted octanol–water partition coefficient (Wildman–Crippen LogP) is 0.342. The lowest BCUT2D eigenvalue weighted by molar-refractivity contribution is -0.129. The molecule has 0 saturated carbocycles. The molecule has 2 saturated heterocycles. The van der Waals surface area contributed by atoms with E-state index in [0.29, 0.717) is 13.1 Å². The summed E-state index contributed by atoms with van der Waals surface area (Å²) in [6, 6.07) is -0.137. The van der Waals surface area contributed by atoms with Gasteiger partial charge in [0.2, 0.25) is 11.8 Å². The van der Waals surface area contributed by atoms with Crippen LogP contribution in [-0.2, 0) is 16.6 Å². The Morgan fingerprint density at radius 3 is 3.04 bits per heavy atom. The van der Waals surface area contributed by atoms with Crippen molar-refractivity contribution in [3.8, 4) is 0 Å². The Bertz CT molecular complexity index is 571. The van der Waals surface area contributed by atoms with Crippen LogP contribution < -0.4 is 10.6 Å². The van der Waals surface area contributed by atoms with E-state index in [4.69, 9.17) is 0 Å². The van der Waals surface area contributed by atoms with E-state index in [9.17, 15) is 9.59 Å². The Balaban J connectivity index is 1.57. The summed E-state index contributed by atoms with van der Waals surface area (Å²) < 4.78 is 1.79. The Morgan fingerprint density at radius 2 is 2.26 bits per heavy atom. The highest BCUT2D eigenvalue weighted by atomic mass is 16.2. The van der Waals surface area contributed by atoms with Crippen LogP contribution in [0.2, 0.25) is 0 Å². The van der Waals surface area contributed by atoms with Gasteiger partial charge >= 0.3 is 0 Å². The number of rotatable bonds is 4. The van der Waals surface area contributed by atoms with Crippen LogP contribution in [0, 0.1) is 0 Å². The molecule has 0 unspecified atom stereocenters. The minimum absolute atomic E-state index is 0.0546. The largest absolute Gasteiger partial charge is 0.354 e. The highest BCUT2D eigenvalue weighted by Gasteiger charge is 2.30. The van der Waals surface area contributed by atoms with Crippen molar-refractivity contribution in [1.29, 1.82) is 0 Å². The van der Waals surface area contributed by atoms with E-state index in [1.165, 1.54) is 0 Å². The third kappa shape index (κ3) is 3.90. The molecular formula is C16H25N5O2. The van der Waals surface area contributed by atoms with Crippen LogP contribution in [0.15, 0.2) is 12.4 Å². The summed E-state index contributed by atoms with van der Waals surface area (Å²) in [6.45, 7) is 1.95. The van der Waals surface area contributed by atoms with E-state index in [1.54, 1.807) is 4.68 Å². The van der Waals surface area contributed by atoms with E-state index in [-0.39, 0.29) is 23.9 Å². The molecule has 7 heteroatoms. The Morgan fingerprint density at radius 1 is 1.39 bits per heavy atom. The summed E-state index contributed by atoms with van der Waals surface area (Å²) in [5, 5.41) is 9.98. The number of hydrogen-bond donors (Lipinski definition) is 2. The standard InChI is InChI=1S/C16H25N5O2/c1-20-10-12(9-18-20)14-6-4-8-21(14)11-15(22)19-13-5-2-3-7-17-16(13)23/h9-10,13-14H,2-8,11H2,1H3,(H,17,23)(H,19,22)/t13-,14+/m1/s1. The van der Waals surface area contributed by atoms with Gasteiger partial charge in [0, 0.05) is 31.4 Å². The number of amides is 2. The van der Waals surface area contributed by atoms with Gasteiger partial charge in [-0.05, 0) is 38.6 Å². The molecule has 2 atom stereocenters. The summed E-state index contributed by atoms with van der Waals surface area (Å²) in [7, 11) is 1.90. The second kappa shape index (κ2) is 7.12. The molecule has 0 spiro atoms. The van der Waals surface area contributed by atoms with Gasteiger partial charge in [-0.25, -0.2) is 0 Å². The summed E-state index contributed by atoms with van der Waals surface area (Å²) >= 11 is 0. The van der Waals surface area contributed by atoms with Crippen LogP contribution in [0.3, 0.4) is 0 Å². The first-order chi connectivity index (χ1) is 11.1. The van der Waals surface area contributed by atoms with Crippen LogP contribution in [0.5, 0.6) is 0 Å². The van der Waals surface area contributed by atoms with Gasteiger partial charge in [0.25, 0.3) is 0 Å². The van der Waals surface area contributed by atoms with E-state index in [2.05, 4.69) is 20.6 Å². The van der Waals surface area contributed by atoms with Gasteiger partial charge in [-0.3, -0.25) is 19.2 Å². The van der Waals surface area contributed by atoms with Gasteiger partial charge in [-0.15, -0.1) is 0 Å². The van der Waals surface area contributed by atoms with E-state index in [0.717, 1.165) is 44.2 Å². The summed E-state index contributed by atoms with van der Waals surface area (Å²) in [6.07, 6.45) is 8.68. The summed E-state index contributed by atoms with van der Waals surface area (Å²) in [5.74, 6) is -0.121.